The lowest BCUT2D eigenvalue weighted by Gasteiger charge is -2.05. The summed E-state index contributed by atoms with van der Waals surface area (Å²) in [5, 5.41) is 11.4. The second-order valence-electron chi connectivity index (χ2n) is 5.42. The Morgan fingerprint density at radius 3 is 3.00 bits per heavy atom. The second-order valence-corrected chi connectivity index (χ2v) is 6.37. The van der Waals surface area contributed by atoms with Crippen LogP contribution >= 0.6 is 11.3 Å². The second kappa shape index (κ2) is 5.77. The predicted molar refractivity (Wildman–Crippen MR) is 85.5 cm³/mol. The smallest absolute Gasteiger partial charge is 0.0766 e. The largest absolute Gasteiger partial charge is 0.311 e. The van der Waals surface area contributed by atoms with Crippen molar-refractivity contribution in [1.29, 1.82) is 0 Å². The van der Waals surface area contributed by atoms with Gasteiger partial charge in [-0.1, -0.05) is 13.8 Å². The normalized spacial score (nSPS) is 11.6. The van der Waals surface area contributed by atoms with Gasteiger partial charge in [-0.3, -0.25) is 0 Å². The number of benzene rings is 1. The molecular weight excluding hydrogens is 266 g/mol. The summed E-state index contributed by atoms with van der Waals surface area (Å²) in [5.41, 5.74) is 2.20. The molecule has 0 unspecified atom stereocenters. The number of thiophene rings is 1. The zero-order chi connectivity index (χ0) is 13.9. The van der Waals surface area contributed by atoms with E-state index in [4.69, 9.17) is 0 Å². The van der Waals surface area contributed by atoms with E-state index in [1.807, 2.05) is 10.9 Å². The molecule has 2 aromatic heterocycles. The van der Waals surface area contributed by atoms with Crippen molar-refractivity contribution in [3.8, 4) is 5.69 Å². The van der Waals surface area contributed by atoms with E-state index in [-0.39, 0.29) is 0 Å². The van der Waals surface area contributed by atoms with E-state index in [0.717, 1.165) is 24.5 Å². The predicted octanol–water partition coefficient (Wildman–Crippen LogP) is 3.83. The molecule has 0 aliphatic carbocycles. The van der Waals surface area contributed by atoms with Crippen molar-refractivity contribution in [3.63, 3.8) is 0 Å². The van der Waals surface area contributed by atoms with Gasteiger partial charge in [-0.25, -0.2) is 4.68 Å². The SMILES string of the molecule is CC(C)CNCc1ccn(-c2ccc3sccc3c2)n1. The minimum atomic E-state index is 0.665. The lowest BCUT2D eigenvalue weighted by atomic mass is 10.2. The van der Waals surface area contributed by atoms with Crippen LogP contribution in [0.2, 0.25) is 0 Å². The van der Waals surface area contributed by atoms with Crippen LogP contribution in [0.3, 0.4) is 0 Å². The summed E-state index contributed by atoms with van der Waals surface area (Å²) in [4.78, 5) is 0. The topological polar surface area (TPSA) is 29.9 Å². The van der Waals surface area contributed by atoms with Gasteiger partial charge in [0.1, 0.15) is 0 Å². The molecule has 0 bridgehead atoms. The van der Waals surface area contributed by atoms with E-state index >= 15 is 0 Å². The Balaban J connectivity index is 1.75. The number of aromatic nitrogens is 2. The molecule has 0 aliphatic heterocycles. The highest BCUT2D eigenvalue weighted by molar-refractivity contribution is 7.17. The number of nitrogens with one attached hydrogen (secondary N) is 1. The lowest BCUT2D eigenvalue weighted by molar-refractivity contribution is 0.546. The van der Waals surface area contributed by atoms with Crippen LogP contribution in [0.25, 0.3) is 15.8 Å². The Morgan fingerprint density at radius 2 is 2.15 bits per heavy atom. The molecule has 0 atom stereocenters. The van der Waals surface area contributed by atoms with Crippen LogP contribution in [-0.4, -0.2) is 16.3 Å². The molecule has 0 fully saturated rings. The maximum atomic E-state index is 4.63. The molecular formula is C16H19N3S. The summed E-state index contributed by atoms with van der Waals surface area (Å²) < 4.78 is 3.27. The molecule has 0 aliphatic rings. The molecule has 20 heavy (non-hydrogen) atoms. The first kappa shape index (κ1) is 13.3. The summed E-state index contributed by atoms with van der Waals surface area (Å²) in [6.45, 7) is 6.27. The van der Waals surface area contributed by atoms with Gasteiger partial charge < -0.3 is 5.32 Å². The van der Waals surface area contributed by atoms with Gasteiger partial charge in [0, 0.05) is 17.4 Å². The van der Waals surface area contributed by atoms with Crippen LogP contribution in [0.1, 0.15) is 19.5 Å². The molecule has 0 amide bonds. The van der Waals surface area contributed by atoms with Crippen LogP contribution in [-0.2, 0) is 6.54 Å². The summed E-state index contributed by atoms with van der Waals surface area (Å²) in [6.07, 6.45) is 2.03. The number of nitrogens with zero attached hydrogens (tertiary/aromatic N) is 2. The highest BCUT2D eigenvalue weighted by Crippen LogP contribution is 2.23. The first-order valence-electron chi connectivity index (χ1n) is 6.95. The highest BCUT2D eigenvalue weighted by atomic mass is 32.1. The van der Waals surface area contributed by atoms with Crippen LogP contribution in [0.15, 0.2) is 41.9 Å². The fourth-order valence-electron chi connectivity index (χ4n) is 2.19. The maximum absolute atomic E-state index is 4.63. The fourth-order valence-corrected chi connectivity index (χ4v) is 2.96. The molecule has 0 spiro atoms. The van der Waals surface area contributed by atoms with Crippen molar-refractivity contribution in [2.75, 3.05) is 6.54 Å². The third kappa shape index (κ3) is 2.92. The molecule has 2 heterocycles. The molecule has 1 aromatic carbocycles. The Bertz CT molecular complexity index is 696. The maximum Gasteiger partial charge on any atom is 0.0766 e. The highest BCUT2D eigenvalue weighted by Gasteiger charge is 2.03. The van der Waals surface area contributed by atoms with Crippen molar-refractivity contribution in [1.82, 2.24) is 15.1 Å². The van der Waals surface area contributed by atoms with Crippen LogP contribution in [0.5, 0.6) is 0 Å². The molecule has 3 rings (SSSR count). The third-order valence-electron chi connectivity index (χ3n) is 3.20. The lowest BCUT2D eigenvalue weighted by Crippen LogP contribution is -2.19. The van der Waals surface area contributed by atoms with Crippen molar-refractivity contribution in [2.24, 2.45) is 5.92 Å². The first-order valence-corrected chi connectivity index (χ1v) is 7.83. The van der Waals surface area contributed by atoms with E-state index in [2.05, 4.69) is 60.0 Å². The monoisotopic (exact) mass is 285 g/mol. The van der Waals surface area contributed by atoms with Gasteiger partial charge in [0.05, 0.1) is 11.4 Å². The van der Waals surface area contributed by atoms with Gasteiger partial charge in [-0.2, -0.15) is 5.10 Å². The molecule has 3 nitrogen and oxygen atoms in total. The summed E-state index contributed by atoms with van der Waals surface area (Å²) in [6, 6.07) is 10.7. The van der Waals surface area contributed by atoms with Gasteiger partial charge in [-0.15, -0.1) is 11.3 Å². The van der Waals surface area contributed by atoms with E-state index < -0.39 is 0 Å². The average Bonchev–Trinajstić information content (AvgIpc) is 3.05. The Hall–Kier alpha value is -1.65. The summed E-state index contributed by atoms with van der Waals surface area (Å²) in [5.74, 6) is 0.665. The van der Waals surface area contributed by atoms with E-state index in [0.29, 0.717) is 5.92 Å². The van der Waals surface area contributed by atoms with Crippen LogP contribution in [0.4, 0.5) is 0 Å². The Kier molecular flexibility index (Phi) is 3.85. The van der Waals surface area contributed by atoms with Gasteiger partial charge >= 0.3 is 0 Å². The minimum Gasteiger partial charge on any atom is -0.311 e. The van der Waals surface area contributed by atoms with Crippen LogP contribution in [0, 0.1) is 5.92 Å². The summed E-state index contributed by atoms with van der Waals surface area (Å²) in [7, 11) is 0. The molecule has 1 N–H and O–H groups in total. The zero-order valence-corrected chi connectivity index (χ0v) is 12.7. The number of hydrogen-bond acceptors (Lipinski definition) is 3. The molecule has 4 heteroatoms. The van der Waals surface area contributed by atoms with Crippen molar-refractivity contribution < 1.29 is 0 Å². The van der Waals surface area contributed by atoms with Crippen molar-refractivity contribution in [3.05, 3.63) is 47.6 Å². The van der Waals surface area contributed by atoms with Crippen molar-refractivity contribution in [2.45, 2.75) is 20.4 Å². The number of hydrogen-bond donors (Lipinski definition) is 1. The fraction of sp³-hybridized carbons (Fsp3) is 0.312. The zero-order valence-electron chi connectivity index (χ0n) is 11.8. The first-order chi connectivity index (χ1) is 9.72. The molecule has 0 saturated carbocycles. The Labute approximate surface area is 123 Å². The van der Waals surface area contributed by atoms with E-state index in [1.54, 1.807) is 11.3 Å². The van der Waals surface area contributed by atoms with Gasteiger partial charge in [0.15, 0.2) is 0 Å². The molecule has 0 saturated heterocycles. The quantitative estimate of drug-likeness (QED) is 0.772. The van der Waals surface area contributed by atoms with E-state index in [9.17, 15) is 0 Å². The van der Waals surface area contributed by atoms with E-state index in [1.165, 1.54) is 10.1 Å². The van der Waals surface area contributed by atoms with Crippen LogP contribution < -0.4 is 5.32 Å². The number of fused-ring (bicyclic) bond motifs is 1. The summed E-state index contributed by atoms with van der Waals surface area (Å²) >= 11 is 1.77. The molecule has 104 valence electrons. The molecule has 3 aromatic rings. The average molecular weight is 285 g/mol. The third-order valence-corrected chi connectivity index (χ3v) is 4.10. The van der Waals surface area contributed by atoms with Gasteiger partial charge in [-0.05, 0) is 53.6 Å². The van der Waals surface area contributed by atoms with Gasteiger partial charge in [0.2, 0.25) is 0 Å². The minimum absolute atomic E-state index is 0.665. The standard InChI is InChI=1S/C16H19N3S/c1-12(2)10-17-11-14-5-7-19(18-14)15-3-4-16-13(9-15)6-8-20-16/h3-9,12,17H,10-11H2,1-2H3. The molecule has 0 radical (unpaired) electrons. The van der Waals surface area contributed by atoms with Crippen molar-refractivity contribution >= 4 is 21.4 Å². The number of rotatable bonds is 5. The van der Waals surface area contributed by atoms with Gasteiger partial charge in [0.25, 0.3) is 0 Å². The Morgan fingerprint density at radius 1 is 1.25 bits per heavy atom.